The minimum atomic E-state index is 0.294. The highest BCUT2D eigenvalue weighted by Gasteiger charge is 2.15. The summed E-state index contributed by atoms with van der Waals surface area (Å²) in [5.74, 6) is 1.54. The maximum atomic E-state index is 6.57. The molecule has 4 aromatic rings. The second kappa shape index (κ2) is 10.3. The Morgan fingerprint density at radius 2 is 1.62 bits per heavy atom. The molecule has 1 N–H and O–H groups in total. The molecule has 1 aromatic heterocycles. The van der Waals surface area contributed by atoms with Crippen LogP contribution < -0.4 is 5.32 Å². The number of anilines is 1. The average Bonchev–Trinajstić information content (AvgIpc) is 2.82. The van der Waals surface area contributed by atoms with Crippen LogP contribution in [0.2, 0.25) is 5.02 Å². The number of halogens is 1. The molecular weight excluding hydrogens is 416 g/mol. The van der Waals surface area contributed by atoms with E-state index in [1.165, 1.54) is 5.39 Å². The molecule has 0 spiro atoms. The van der Waals surface area contributed by atoms with E-state index in [9.17, 15) is 0 Å². The lowest BCUT2D eigenvalue weighted by molar-refractivity contribution is 0.295. The number of aromatic nitrogens is 2. The summed E-state index contributed by atoms with van der Waals surface area (Å²) >= 11 is 6.57. The number of hydrogen-bond donors (Lipinski definition) is 1. The summed E-state index contributed by atoms with van der Waals surface area (Å²) in [6.45, 7) is 9.98. The van der Waals surface area contributed by atoms with Crippen LogP contribution in [-0.4, -0.2) is 40.5 Å². The molecule has 1 atom stereocenters. The Labute approximate surface area is 195 Å². The minimum absolute atomic E-state index is 0.294. The van der Waals surface area contributed by atoms with Crippen LogP contribution in [0, 0.1) is 0 Å². The molecule has 1 unspecified atom stereocenters. The third-order valence-corrected chi connectivity index (χ3v) is 6.40. The summed E-state index contributed by atoms with van der Waals surface area (Å²) in [7, 11) is 0. The number of fused-ring (bicyclic) bond motifs is 2. The Kier molecular flexibility index (Phi) is 7.23. The van der Waals surface area contributed by atoms with Gasteiger partial charge in [0.1, 0.15) is 5.82 Å². The van der Waals surface area contributed by atoms with Gasteiger partial charge < -0.3 is 10.2 Å². The van der Waals surface area contributed by atoms with Gasteiger partial charge in [0, 0.05) is 17.0 Å². The van der Waals surface area contributed by atoms with Gasteiger partial charge in [-0.15, -0.1) is 0 Å². The molecule has 32 heavy (non-hydrogen) atoms. The van der Waals surface area contributed by atoms with Crippen molar-refractivity contribution in [3.63, 3.8) is 0 Å². The number of rotatable bonds is 9. The summed E-state index contributed by atoms with van der Waals surface area (Å²) in [4.78, 5) is 12.3. The van der Waals surface area contributed by atoms with Gasteiger partial charge in [-0.05, 0) is 62.3 Å². The fourth-order valence-electron chi connectivity index (χ4n) is 4.23. The highest BCUT2D eigenvalue weighted by atomic mass is 35.5. The lowest BCUT2D eigenvalue weighted by Crippen LogP contribution is -2.25. The molecule has 4 nitrogen and oxygen atoms in total. The van der Waals surface area contributed by atoms with Crippen LogP contribution in [0.3, 0.4) is 0 Å². The second-order valence-corrected chi connectivity index (χ2v) is 8.68. The van der Waals surface area contributed by atoms with Gasteiger partial charge in [0.25, 0.3) is 0 Å². The van der Waals surface area contributed by atoms with Gasteiger partial charge in [0.05, 0.1) is 10.5 Å². The Morgan fingerprint density at radius 1 is 0.906 bits per heavy atom. The molecule has 166 valence electrons. The summed E-state index contributed by atoms with van der Waals surface area (Å²) in [6, 6.07) is 20.8. The lowest BCUT2D eigenvalue weighted by atomic mass is 10.0. The molecule has 0 aliphatic rings. The molecule has 0 aliphatic carbocycles. The third-order valence-electron chi connectivity index (χ3n) is 6.10. The topological polar surface area (TPSA) is 41.0 Å². The molecule has 0 radical (unpaired) electrons. The van der Waals surface area contributed by atoms with Crippen molar-refractivity contribution in [1.29, 1.82) is 0 Å². The van der Waals surface area contributed by atoms with E-state index in [1.807, 2.05) is 18.2 Å². The Hall–Kier alpha value is -2.69. The molecule has 0 fully saturated rings. The molecule has 0 bridgehead atoms. The fourth-order valence-corrected chi connectivity index (χ4v) is 4.45. The van der Waals surface area contributed by atoms with Crippen LogP contribution in [0.15, 0.2) is 60.7 Å². The summed E-state index contributed by atoms with van der Waals surface area (Å²) in [5, 5.41) is 7.56. The second-order valence-electron chi connectivity index (χ2n) is 8.27. The number of nitrogens with zero attached hydrogens (tertiary/aromatic N) is 3. The van der Waals surface area contributed by atoms with E-state index < -0.39 is 0 Å². The molecule has 0 aliphatic heterocycles. The van der Waals surface area contributed by atoms with E-state index in [0.29, 0.717) is 16.9 Å². The SMILES string of the molecule is CCN(CC)CCCC(C)Nc1nc(-c2cccc3ccccc23)nc2c(Cl)cccc12. The smallest absolute Gasteiger partial charge is 0.162 e. The van der Waals surface area contributed by atoms with Crippen LogP contribution >= 0.6 is 11.6 Å². The predicted molar refractivity (Wildman–Crippen MR) is 138 cm³/mol. The van der Waals surface area contributed by atoms with Crippen LogP contribution in [0.25, 0.3) is 33.1 Å². The van der Waals surface area contributed by atoms with Gasteiger partial charge in [0.2, 0.25) is 0 Å². The number of nitrogens with one attached hydrogen (secondary N) is 1. The van der Waals surface area contributed by atoms with Crippen molar-refractivity contribution in [3.05, 3.63) is 65.7 Å². The van der Waals surface area contributed by atoms with Crippen LogP contribution in [0.5, 0.6) is 0 Å². The highest BCUT2D eigenvalue weighted by Crippen LogP contribution is 2.32. The number of para-hydroxylation sites is 1. The fraction of sp³-hybridized carbons (Fsp3) is 0.333. The quantitative estimate of drug-likeness (QED) is 0.299. The first-order chi connectivity index (χ1) is 15.6. The molecule has 0 saturated heterocycles. The van der Waals surface area contributed by atoms with Gasteiger partial charge in [-0.1, -0.05) is 74.0 Å². The van der Waals surface area contributed by atoms with Crippen molar-refractivity contribution in [2.45, 2.75) is 39.7 Å². The van der Waals surface area contributed by atoms with Crippen molar-refractivity contribution in [2.75, 3.05) is 25.0 Å². The summed E-state index contributed by atoms with van der Waals surface area (Å²) < 4.78 is 0. The zero-order valence-electron chi connectivity index (χ0n) is 19.1. The zero-order chi connectivity index (χ0) is 22.5. The van der Waals surface area contributed by atoms with Crippen molar-refractivity contribution in [1.82, 2.24) is 14.9 Å². The average molecular weight is 447 g/mol. The highest BCUT2D eigenvalue weighted by molar-refractivity contribution is 6.35. The Balaban J connectivity index is 1.69. The Morgan fingerprint density at radius 3 is 2.44 bits per heavy atom. The van der Waals surface area contributed by atoms with E-state index in [1.54, 1.807) is 0 Å². The van der Waals surface area contributed by atoms with Gasteiger partial charge in [0.15, 0.2) is 5.82 Å². The van der Waals surface area contributed by atoms with Gasteiger partial charge in [-0.3, -0.25) is 0 Å². The standard InChI is InChI=1S/C27H31ClN4/c1-4-32(5-2)18-10-11-19(3)29-27-23-16-9-17-24(28)25(23)30-26(31-27)22-15-8-13-20-12-6-7-14-21(20)22/h6-9,12-17,19H,4-5,10-11,18H2,1-3H3,(H,29,30,31). The minimum Gasteiger partial charge on any atom is -0.367 e. The normalized spacial score (nSPS) is 12.5. The lowest BCUT2D eigenvalue weighted by Gasteiger charge is -2.21. The summed E-state index contributed by atoms with van der Waals surface area (Å²) in [5.41, 5.74) is 1.80. The first-order valence-corrected chi connectivity index (χ1v) is 11.9. The van der Waals surface area contributed by atoms with Crippen molar-refractivity contribution in [3.8, 4) is 11.4 Å². The maximum absolute atomic E-state index is 6.57. The van der Waals surface area contributed by atoms with Crippen molar-refractivity contribution >= 4 is 39.1 Å². The predicted octanol–water partition coefficient (Wildman–Crippen LogP) is 7.03. The summed E-state index contributed by atoms with van der Waals surface area (Å²) in [6.07, 6.45) is 2.22. The van der Waals surface area contributed by atoms with Crippen molar-refractivity contribution in [2.24, 2.45) is 0 Å². The molecule has 0 amide bonds. The first-order valence-electron chi connectivity index (χ1n) is 11.5. The molecule has 4 rings (SSSR count). The Bertz CT molecular complexity index is 1200. The zero-order valence-corrected chi connectivity index (χ0v) is 19.9. The molecule has 3 aromatic carbocycles. The maximum Gasteiger partial charge on any atom is 0.162 e. The van der Waals surface area contributed by atoms with Gasteiger partial charge in [-0.2, -0.15) is 0 Å². The molecule has 0 saturated carbocycles. The van der Waals surface area contributed by atoms with E-state index in [2.05, 4.69) is 73.5 Å². The largest absolute Gasteiger partial charge is 0.367 e. The van der Waals surface area contributed by atoms with E-state index in [4.69, 9.17) is 21.6 Å². The molecule has 1 heterocycles. The van der Waals surface area contributed by atoms with Crippen LogP contribution in [0.1, 0.15) is 33.6 Å². The third kappa shape index (κ3) is 4.87. The number of hydrogen-bond acceptors (Lipinski definition) is 4. The van der Waals surface area contributed by atoms with Crippen LogP contribution in [-0.2, 0) is 0 Å². The van der Waals surface area contributed by atoms with Gasteiger partial charge >= 0.3 is 0 Å². The molecular formula is C27H31ClN4. The monoisotopic (exact) mass is 446 g/mol. The van der Waals surface area contributed by atoms with Gasteiger partial charge in [-0.25, -0.2) is 9.97 Å². The number of benzene rings is 3. The van der Waals surface area contributed by atoms with E-state index in [0.717, 1.165) is 60.1 Å². The van der Waals surface area contributed by atoms with Crippen molar-refractivity contribution < 1.29 is 0 Å². The van der Waals surface area contributed by atoms with E-state index >= 15 is 0 Å². The first kappa shape index (κ1) is 22.5. The van der Waals surface area contributed by atoms with E-state index in [-0.39, 0.29) is 0 Å². The molecule has 5 heteroatoms. The van der Waals surface area contributed by atoms with Crippen LogP contribution in [0.4, 0.5) is 5.82 Å².